The summed E-state index contributed by atoms with van der Waals surface area (Å²) in [6, 6.07) is 8.66. The number of amides is 1. The van der Waals surface area contributed by atoms with Crippen LogP contribution in [0.2, 0.25) is 0 Å². The Kier molecular flexibility index (Phi) is 5.38. The van der Waals surface area contributed by atoms with E-state index in [0.29, 0.717) is 11.7 Å². The van der Waals surface area contributed by atoms with Crippen LogP contribution in [0.25, 0.3) is 5.69 Å². The molecule has 1 N–H and O–H groups in total. The lowest BCUT2D eigenvalue weighted by Crippen LogP contribution is -2.35. The van der Waals surface area contributed by atoms with Crippen molar-refractivity contribution in [2.75, 3.05) is 23.7 Å². The van der Waals surface area contributed by atoms with Crippen molar-refractivity contribution >= 4 is 23.6 Å². The summed E-state index contributed by atoms with van der Waals surface area (Å²) in [6.07, 6.45) is 4.83. The molecule has 2 heterocycles. The first-order chi connectivity index (χ1) is 13.1. The van der Waals surface area contributed by atoms with Crippen molar-refractivity contribution in [1.82, 2.24) is 20.1 Å². The Morgan fingerprint density at radius 2 is 1.93 bits per heavy atom. The zero-order valence-electron chi connectivity index (χ0n) is 16.0. The molecule has 0 radical (unpaired) electrons. The van der Waals surface area contributed by atoms with E-state index in [0.717, 1.165) is 29.9 Å². The average Bonchev–Trinajstić information content (AvgIpc) is 3.21. The summed E-state index contributed by atoms with van der Waals surface area (Å²) in [4.78, 5) is 14.6. The van der Waals surface area contributed by atoms with Gasteiger partial charge in [0, 0.05) is 19.1 Å². The minimum absolute atomic E-state index is 0.0700. The third-order valence-corrected chi connectivity index (χ3v) is 6.28. The molecule has 2 fully saturated rings. The molecule has 1 saturated carbocycles. The summed E-state index contributed by atoms with van der Waals surface area (Å²) in [5.41, 5.74) is 2.26. The number of thioether (sulfide) groups is 1. The first-order valence-electron chi connectivity index (χ1n) is 9.81. The van der Waals surface area contributed by atoms with Gasteiger partial charge in [-0.1, -0.05) is 29.5 Å². The second-order valence-electron chi connectivity index (χ2n) is 7.63. The molecule has 6 nitrogen and oxygen atoms in total. The smallest absolute Gasteiger partial charge is 0.232 e. The van der Waals surface area contributed by atoms with E-state index in [1.54, 1.807) is 0 Å². The van der Waals surface area contributed by atoms with Crippen LogP contribution in [0.15, 0.2) is 29.4 Å². The van der Waals surface area contributed by atoms with Gasteiger partial charge in [0.05, 0.1) is 11.4 Å². The van der Waals surface area contributed by atoms with E-state index in [1.165, 1.54) is 43.0 Å². The Bertz CT molecular complexity index is 793. The molecule has 1 atom stereocenters. The van der Waals surface area contributed by atoms with Crippen LogP contribution in [0.1, 0.15) is 38.2 Å². The summed E-state index contributed by atoms with van der Waals surface area (Å²) >= 11 is 1.46. The maximum absolute atomic E-state index is 12.3. The number of hydrogen-bond donors (Lipinski definition) is 1. The van der Waals surface area contributed by atoms with Crippen molar-refractivity contribution in [2.24, 2.45) is 5.92 Å². The summed E-state index contributed by atoms with van der Waals surface area (Å²) in [7, 11) is 0. The van der Waals surface area contributed by atoms with Crippen molar-refractivity contribution in [1.29, 1.82) is 0 Å². The number of carbonyl (C=O) groups is 1. The molecular formula is C20H27N5OS. The van der Waals surface area contributed by atoms with Crippen LogP contribution in [-0.2, 0) is 4.79 Å². The molecule has 0 bridgehead atoms. The molecule has 1 amide bonds. The van der Waals surface area contributed by atoms with Crippen LogP contribution in [0.4, 0.5) is 5.95 Å². The topological polar surface area (TPSA) is 63.1 Å². The van der Waals surface area contributed by atoms with Crippen molar-refractivity contribution < 1.29 is 4.79 Å². The quantitative estimate of drug-likeness (QED) is 0.742. The minimum Gasteiger partial charge on any atom is -0.353 e. The van der Waals surface area contributed by atoms with E-state index in [-0.39, 0.29) is 11.9 Å². The summed E-state index contributed by atoms with van der Waals surface area (Å²) in [5.74, 6) is 1.98. The number of anilines is 1. The van der Waals surface area contributed by atoms with Gasteiger partial charge >= 0.3 is 0 Å². The predicted molar refractivity (Wildman–Crippen MR) is 109 cm³/mol. The second-order valence-corrected chi connectivity index (χ2v) is 8.57. The number of nitrogens with one attached hydrogen (secondary N) is 1. The zero-order chi connectivity index (χ0) is 18.8. The lowest BCUT2D eigenvalue weighted by Gasteiger charge is -2.18. The van der Waals surface area contributed by atoms with Gasteiger partial charge < -0.3 is 10.2 Å². The number of aromatic nitrogens is 3. The van der Waals surface area contributed by atoms with E-state index in [9.17, 15) is 4.79 Å². The Hall–Kier alpha value is -2.02. The van der Waals surface area contributed by atoms with E-state index < -0.39 is 0 Å². The summed E-state index contributed by atoms with van der Waals surface area (Å²) in [6.45, 7) is 6.20. The fourth-order valence-electron chi connectivity index (χ4n) is 3.54. The number of benzene rings is 1. The largest absolute Gasteiger partial charge is 0.353 e. The van der Waals surface area contributed by atoms with Crippen LogP contribution >= 0.6 is 11.8 Å². The second kappa shape index (κ2) is 7.92. The SMILES string of the molecule is Cc1ccc(-n2c(SCC(=O)NC(C)C3CC3)nnc2N2CCCC2)cc1. The Labute approximate surface area is 164 Å². The number of aryl methyl sites for hydroxylation is 1. The average molecular weight is 386 g/mol. The third kappa shape index (κ3) is 4.29. The van der Waals surface area contributed by atoms with Gasteiger partial charge in [0.15, 0.2) is 5.16 Å². The van der Waals surface area contributed by atoms with E-state index >= 15 is 0 Å². The van der Waals surface area contributed by atoms with Gasteiger partial charge in [-0.3, -0.25) is 9.36 Å². The predicted octanol–water partition coefficient (Wildman–Crippen LogP) is 3.18. The normalized spacial score (nSPS) is 17.9. The lowest BCUT2D eigenvalue weighted by atomic mass is 10.2. The molecule has 2 aromatic rings. The molecule has 1 aromatic carbocycles. The highest BCUT2D eigenvalue weighted by atomic mass is 32.2. The molecule has 4 rings (SSSR count). The van der Waals surface area contributed by atoms with Crippen LogP contribution in [0.5, 0.6) is 0 Å². The van der Waals surface area contributed by atoms with Crippen molar-refractivity contribution in [3.63, 3.8) is 0 Å². The van der Waals surface area contributed by atoms with E-state index in [1.807, 2.05) is 0 Å². The Morgan fingerprint density at radius 3 is 2.59 bits per heavy atom. The van der Waals surface area contributed by atoms with Gasteiger partial charge in [-0.15, -0.1) is 10.2 Å². The minimum atomic E-state index is 0.0700. The van der Waals surface area contributed by atoms with Crippen molar-refractivity contribution in [2.45, 2.75) is 50.7 Å². The molecule has 1 saturated heterocycles. The molecule has 2 aliphatic rings. The van der Waals surface area contributed by atoms with E-state index in [2.05, 4.69) is 63.1 Å². The number of nitrogens with zero attached hydrogens (tertiary/aromatic N) is 4. The molecule has 7 heteroatoms. The van der Waals surface area contributed by atoms with Crippen molar-refractivity contribution in [3.05, 3.63) is 29.8 Å². The van der Waals surface area contributed by atoms with Gasteiger partial charge in [0.25, 0.3) is 0 Å². The molecule has 0 spiro atoms. The first kappa shape index (κ1) is 18.3. The Balaban J connectivity index is 1.52. The monoisotopic (exact) mass is 385 g/mol. The summed E-state index contributed by atoms with van der Waals surface area (Å²) in [5, 5.41) is 12.8. The lowest BCUT2D eigenvalue weighted by molar-refractivity contribution is -0.119. The number of carbonyl (C=O) groups excluding carboxylic acids is 1. The first-order valence-corrected chi connectivity index (χ1v) is 10.8. The highest BCUT2D eigenvalue weighted by molar-refractivity contribution is 7.99. The molecule has 1 unspecified atom stereocenters. The van der Waals surface area contributed by atoms with Crippen LogP contribution < -0.4 is 10.2 Å². The highest BCUT2D eigenvalue weighted by Gasteiger charge is 2.29. The van der Waals surface area contributed by atoms with Gasteiger partial charge in [-0.05, 0) is 57.6 Å². The molecule has 1 aromatic heterocycles. The van der Waals surface area contributed by atoms with Crippen LogP contribution in [0.3, 0.4) is 0 Å². The number of rotatable bonds is 7. The van der Waals surface area contributed by atoms with Gasteiger partial charge in [-0.2, -0.15) is 0 Å². The zero-order valence-corrected chi connectivity index (χ0v) is 16.8. The molecule has 1 aliphatic heterocycles. The standard InChI is InChI=1S/C20H27N5OS/c1-14-5-9-17(10-6-14)25-19(24-11-3-4-12-24)22-23-20(25)27-13-18(26)21-15(2)16-7-8-16/h5-6,9-10,15-16H,3-4,7-8,11-13H2,1-2H3,(H,21,26). The van der Waals surface area contributed by atoms with Crippen LogP contribution in [0, 0.1) is 12.8 Å². The maximum atomic E-state index is 12.3. The van der Waals surface area contributed by atoms with E-state index in [4.69, 9.17) is 0 Å². The van der Waals surface area contributed by atoms with Gasteiger partial charge in [0.1, 0.15) is 0 Å². The maximum Gasteiger partial charge on any atom is 0.232 e. The third-order valence-electron chi connectivity index (χ3n) is 5.35. The molecular weight excluding hydrogens is 358 g/mol. The molecule has 1 aliphatic carbocycles. The highest BCUT2D eigenvalue weighted by Crippen LogP contribution is 2.32. The van der Waals surface area contributed by atoms with Crippen molar-refractivity contribution in [3.8, 4) is 5.69 Å². The fraction of sp³-hybridized carbons (Fsp3) is 0.550. The molecule has 27 heavy (non-hydrogen) atoms. The van der Waals surface area contributed by atoms with Gasteiger partial charge in [-0.25, -0.2) is 0 Å². The Morgan fingerprint density at radius 1 is 1.22 bits per heavy atom. The van der Waals surface area contributed by atoms with Crippen LogP contribution in [-0.4, -0.2) is 45.6 Å². The number of hydrogen-bond acceptors (Lipinski definition) is 5. The fourth-order valence-corrected chi connectivity index (χ4v) is 4.30. The molecule has 144 valence electrons. The van der Waals surface area contributed by atoms with Gasteiger partial charge in [0.2, 0.25) is 11.9 Å². The summed E-state index contributed by atoms with van der Waals surface area (Å²) < 4.78 is 2.09.